The van der Waals surface area contributed by atoms with Crippen LogP contribution in [-0.4, -0.2) is 36.0 Å². The van der Waals surface area contributed by atoms with Crippen molar-refractivity contribution in [1.29, 1.82) is 0 Å². The second-order valence-electron chi connectivity index (χ2n) is 8.75. The summed E-state index contributed by atoms with van der Waals surface area (Å²) >= 11 is 0. The highest BCUT2D eigenvalue weighted by Gasteiger charge is 2.24. The van der Waals surface area contributed by atoms with Gasteiger partial charge in [0.1, 0.15) is 11.6 Å². The van der Waals surface area contributed by atoms with Crippen LogP contribution in [0.25, 0.3) is 0 Å². The Labute approximate surface area is 196 Å². The number of rotatable bonds is 10. The number of alkyl carbamates (subject to hydrolysis) is 1. The number of carbonyl (C=O) groups excluding carboxylic acids is 3. The van der Waals surface area contributed by atoms with Crippen LogP contribution in [0.3, 0.4) is 0 Å². The van der Waals surface area contributed by atoms with Crippen molar-refractivity contribution < 1.29 is 19.1 Å². The van der Waals surface area contributed by atoms with E-state index in [4.69, 9.17) is 11.2 Å². The summed E-state index contributed by atoms with van der Waals surface area (Å²) in [7, 11) is 0. The van der Waals surface area contributed by atoms with Crippen molar-refractivity contribution in [2.45, 2.75) is 58.1 Å². The molecule has 0 fully saturated rings. The van der Waals surface area contributed by atoms with E-state index in [0.717, 1.165) is 18.4 Å². The van der Waals surface area contributed by atoms with Gasteiger partial charge in [0.2, 0.25) is 5.91 Å². The van der Waals surface area contributed by atoms with E-state index in [1.54, 1.807) is 57.2 Å². The molecule has 0 bridgehead atoms. The second kappa shape index (κ2) is 12.4. The third kappa shape index (κ3) is 9.20. The van der Waals surface area contributed by atoms with E-state index in [-0.39, 0.29) is 18.1 Å². The lowest BCUT2D eigenvalue weighted by atomic mass is 9.99. The van der Waals surface area contributed by atoms with Crippen LogP contribution in [0.4, 0.5) is 4.79 Å². The topological polar surface area (TPSA) is 84.5 Å². The number of amides is 2. The Balaban J connectivity index is 2.07. The van der Waals surface area contributed by atoms with Gasteiger partial charge in [0, 0.05) is 30.5 Å². The summed E-state index contributed by atoms with van der Waals surface area (Å²) in [6.45, 7) is 5.75. The molecule has 2 aromatic carbocycles. The minimum atomic E-state index is -0.817. The number of nitrogens with one attached hydrogen (secondary N) is 2. The van der Waals surface area contributed by atoms with Crippen LogP contribution in [-0.2, 0) is 16.0 Å². The first kappa shape index (κ1) is 25.7. The van der Waals surface area contributed by atoms with Gasteiger partial charge in [-0.05, 0) is 39.2 Å². The summed E-state index contributed by atoms with van der Waals surface area (Å²) in [4.78, 5) is 37.7. The molecule has 0 spiro atoms. The molecule has 0 aliphatic heterocycles. The van der Waals surface area contributed by atoms with Crippen molar-refractivity contribution in [1.82, 2.24) is 10.6 Å². The van der Waals surface area contributed by atoms with Gasteiger partial charge >= 0.3 is 6.09 Å². The Hall–Kier alpha value is -3.59. The van der Waals surface area contributed by atoms with Gasteiger partial charge in [-0.2, -0.15) is 0 Å². The Kier molecular flexibility index (Phi) is 9.68. The smallest absolute Gasteiger partial charge is 0.408 e. The quantitative estimate of drug-likeness (QED) is 0.323. The van der Waals surface area contributed by atoms with E-state index in [0.29, 0.717) is 24.1 Å². The van der Waals surface area contributed by atoms with Crippen molar-refractivity contribution >= 4 is 17.8 Å². The predicted octanol–water partition coefficient (Wildman–Crippen LogP) is 4.27. The Bertz CT molecular complexity index is 970. The maximum atomic E-state index is 12.8. The first-order valence-corrected chi connectivity index (χ1v) is 11.1. The normalized spacial score (nSPS) is 11.7. The molecule has 2 rings (SSSR count). The van der Waals surface area contributed by atoms with Crippen molar-refractivity contribution in [3.63, 3.8) is 0 Å². The number of unbranched alkanes of at least 4 members (excludes halogenated alkanes) is 2. The fraction of sp³-hybridized carbons (Fsp3) is 0.370. The van der Waals surface area contributed by atoms with Crippen molar-refractivity contribution in [2.75, 3.05) is 6.54 Å². The molecule has 0 radical (unpaired) electrons. The molecule has 2 aromatic rings. The molecule has 0 heterocycles. The molecule has 0 saturated heterocycles. The van der Waals surface area contributed by atoms with E-state index in [1.807, 2.05) is 18.2 Å². The van der Waals surface area contributed by atoms with Gasteiger partial charge in [-0.3, -0.25) is 9.59 Å². The van der Waals surface area contributed by atoms with Gasteiger partial charge in [0.15, 0.2) is 5.78 Å². The zero-order valence-corrected chi connectivity index (χ0v) is 19.5. The highest BCUT2D eigenvalue weighted by atomic mass is 16.6. The highest BCUT2D eigenvalue weighted by Crippen LogP contribution is 2.13. The Morgan fingerprint density at radius 1 is 0.970 bits per heavy atom. The average molecular weight is 449 g/mol. The highest BCUT2D eigenvalue weighted by molar-refractivity contribution is 6.08. The maximum Gasteiger partial charge on any atom is 0.408 e. The number of terminal acetylenes is 1. The van der Waals surface area contributed by atoms with Gasteiger partial charge in [-0.15, -0.1) is 12.3 Å². The molecule has 6 heteroatoms. The summed E-state index contributed by atoms with van der Waals surface area (Å²) in [6, 6.07) is 15.3. The predicted molar refractivity (Wildman–Crippen MR) is 129 cm³/mol. The van der Waals surface area contributed by atoms with Crippen LogP contribution < -0.4 is 10.6 Å². The molecule has 6 nitrogen and oxygen atoms in total. The number of ether oxygens (including phenoxy) is 1. The van der Waals surface area contributed by atoms with Crippen molar-refractivity contribution in [3.05, 3.63) is 71.3 Å². The Morgan fingerprint density at radius 3 is 2.21 bits per heavy atom. The molecule has 174 valence electrons. The minimum absolute atomic E-state index is 0.0738. The number of hydrogen-bond donors (Lipinski definition) is 2. The molecule has 0 aliphatic carbocycles. The summed E-state index contributed by atoms with van der Waals surface area (Å²) < 4.78 is 5.32. The molecular formula is C27H32N2O4. The summed E-state index contributed by atoms with van der Waals surface area (Å²) in [5.41, 5.74) is 1.29. The maximum absolute atomic E-state index is 12.8. The number of benzene rings is 2. The van der Waals surface area contributed by atoms with Gasteiger partial charge < -0.3 is 15.4 Å². The van der Waals surface area contributed by atoms with E-state index in [1.165, 1.54) is 0 Å². The fourth-order valence-corrected chi connectivity index (χ4v) is 3.13. The van der Waals surface area contributed by atoms with Gasteiger partial charge in [0.05, 0.1) is 0 Å². The van der Waals surface area contributed by atoms with Gasteiger partial charge in [-0.25, -0.2) is 4.79 Å². The average Bonchev–Trinajstić information content (AvgIpc) is 2.77. The van der Waals surface area contributed by atoms with Crippen LogP contribution >= 0.6 is 0 Å². The monoisotopic (exact) mass is 448 g/mol. The first-order valence-electron chi connectivity index (χ1n) is 11.1. The van der Waals surface area contributed by atoms with Crippen molar-refractivity contribution in [2.24, 2.45) is 0 Å². The summed E-state index contributed by atoms with van der Waals surface area (Å²) in [5.74, 6) is 2.20. The molecule has 1 atom stereocenters. The molecular weight excluding hydrogens is 416 g/mol. The molecule has 0 aromatic heterocycles. The molecule has 2 amide bonds. The van der Waals surface area contributed by atoms with Crippen LogP contribution in [0, 0.1) is 12.3 Å². The van der Waals surface area contributed by atoms with Gasteiger partial charge in [0.25, 0.3) is 0 Å². The molecule has 2 N–H and O–H groups in total. The van der Waals surface area contributed by atoms with Crippen LogP contribution in [0.5, 0.6) is 0 Å². The lowest BCUT2D eigenvalue weighted by Gasteiger charge is -2.23. The zero-order chi connectivity index (χ0) is 24.3. The van der Waals surface area contributed by atoms with Crippen molar-refractivity contribution in [3.8, 4) is 12.3 Å². The van der Waals surface area contributed by atoms with E-state index in [2.05, 4.69) is 16.6 Å². The van der Waals surface area contributed by atoms with E-state index < -0.39 is 17.7 Å². The SMILES string of the molecule is C#CCCCCNC(=O)[C@H](Cc1ccc(C(=O)c2ccccc2)cc1)NC(=O)OC(C)(C)C. The lowest BCUT2D eigenvalue weighted by Crippen LogP contribution is -2.49. The molecule has 0 unspecified atom stereocenters. The summed E-state index contributed by atoms with van der Waals surface area (Å²) in [5, 5.41) is 5.51. The Morgan fingerprint density at radius 2 is 1.61 bits per heavy atom. The molecule has 0 aliphatic rings. The van der Waals surface area contributed by atoms with Crippen LogP contribution in [0.1, 0.15) is 61.5 Å². The second-order valence-corrected chi connectivity index (χ2v) is 8.75. The lowest BCUT2D eigenvalue weighted by molar-refractivity contribution is -0.123. The molecule has 0 saturated carbocycles. The third-order valence-electron chi connectivity index (χ3n) is 4.75. The van der Waals surface area contributed by atoms with Crippen LogP contribution in [0.15, 0.2) is 54.6 Å². The number of ketones is 1. The minimum Gasteiger partial charge on any atom is -0.444 e. The standard InChI is InChI=1S/C27H32N2O4/c1-5-6-7-11-18-28-25(31)23(29-26(32)33-27(2,3)4)19-20-14-16-22(17-15-20)24(30)21-12-9-8-10-13-21/h1,8-10,12-17,23H,6-7,11,18-19H2,2-4H3,(H,28,31)(H,29,32)/t23-/m0/s1. The van der Waals surface area contributed by atoms with Crippen LogP contribution in [0.2, 0.25) is 0 Å². The number of carbonyl (C=O) groups is 3. The first-order chi connectivity index (χ1) is 15.7. The number of hydrogen-bond acceptors (Lipinski definition) is 4. The summed E-state index contributed by atoms with van der Waals surface area (Å²) in [6.07, 6.45) is 7.08. The molecule has 33 heavy (non-hydrogen) atoms. The zero-order valence-electron chi connectivity index (χ0n) is 19.5. The van der Waals surface area contributed by atoms with E-state index >= 15 is 0 Å². The fourth-order valence-electron chi connectivity index (χ4n) is 3.13. The third-order valence-corrected chi connectivity index (χ3v) is 4.75. The largest absolute Gasteiger partial charge is 0.444 e. The van der Waals surface area contributed by atoms with E-state index in [9.17, 15) is 14.4 Å². The van der Waals surface area contributed by atoms with Gasteiger partial charge in [-0.1, -0.05) is 54.6 Å².